The lowest BCUT2D eigenvalue weighted by Gasteiger charge is -2.34. The van der Waals surface area contributed by atoms with Crippen molar-refractivity contribution >= 4 is 15.8 Å². The van der Waals surface area contributed by atoms with Gasteiger partial charge in [-0.05, 0) is 58.9 Å². The predicted octanol–water partition coefficient (Wildman–Crippen LogP) is 4.98. The van der Waals surface area contributed by atoms with Crippen molar-refractivity contribution in [2.24, 2.45) is 17.4 Å². The molecule has 0 unspecified atom stereocenters. The Kier molecular flexibility index (Phi) is 9.34. The third-order valence-corrected chi connectivity index (χ3v) is 6.37. The molecule has 8 heteroatoms. The van der Waals surface area contributed by atoms with Gasteiger partial charge in [-0.15, -0.1) is 0 Å². The molecule has 0 fully saturated rings. The summed E-state index contributed by atoms with van der Waals surface area (Å²) >= 11 is 0. The first-order chi connectivity index (χ1) is 13.2. The van der Waals surface area contributed by atoms with Crippen LogP contribution in [0.1, 0.15) is 33.3 Å². The molecule has 2 aromatic rings. The van der Waals surface area contributed by atoms with E-state index in [1.807, 2.05) is 6.92 Å². The molecule has 0 amide bonds. The zero-order chi connectivity index (χ0) is 21.2. The van der Waals surface area contributed by atoms with E-state index in [0.717, 1.165) is 5.56 Å². The summed E-state index contributed by atoms with van der Waals surface area (Å²) in [7, 11) is -2.01. The second kappa shape index (κ2) is 11.0. The third kappa shape index (κ3) is 6.76. The molecule has 0 aliphatic carbocycles. The Bertz CT molecular complexity index is 820. The van der Waals surface area contributed by atoms with Gasteiger partial charge in [0.1, 0.15) is 0 Å². The number of hydrogen-bond acceptors (Lipinski definition) is 4. The smallest absolute Gasteiger partial charge is 0.215 e. The number of aromatic nitrogens is 1. The molecule has 0 atom stereocenters. The van der Waals surface area contributed by atoms with Crippen molar-refractivity contribution in [3.8, 4) is 0 Å². The van der Waals surface area contributed by atoms with Gasteiger partial charge in [-0.2, -0.15) is 0 Å². The number of rotatable bonds is 8. The van der Waals surface area contributed by atoms with Gasteiger partial charge >= 0.3 is 0 Å². The van der Waals surface area contributed by atoms with Crippen LogP contribution in [-0.4, -0.2) is 43.6 Å². The molecule has 0 bridgehead atoms. The molecule has 7 nitrogen and oxygen atoms in total. The predicted molar refractivity (Wildman–Crippen MR) is 114 cm³/mol. The van der Waals surface area contributed by atoms with Crippen molar-refractivity contribution in [3.05, 3.63) is 53.0 Å². The SMILES string of the molecule is CC[N+](CC)(CC)CC.Cc1ccc(S(=O)(=O)[N-]/N=N/c2cccn2C)cc1. The maximum absolute atomic E-state index is 11.8. The molecule has 0 saturated heterocycles. The summed E-state index contributed by atoms with van der Waals surface area (Å²) in [4.78, 5) is 3.39. The van der Waals surface area contributed by atoms with E-state index in [-0.39, 0.29) is 4.90 Å². The molecule has 0 N–H and O–H groups in total. The van der Waals surface area contributed by atoms with E-state index < -0.39 is 10.0 Å². The van der Waals surface area contributed by atoms with Crippen LogP contribution in [0.3, 0.4) is 0 Å². The van der Waals surface area contributed by atoms with Gasteiger partial charge in [-0.25, -0.2) is 8.42 Å². The van der Waals surface area contributed by atoms with E-state index in [9.17, 15) is 8.42 Å². The fourth-order valence-corrected chi connectivity index (χ4v) is 3.47. The van der Waals surface area contributed by atoms with Gasteiger partial charge in [0.2, 0.25) is 10.0 Å². The zero-order valence-corrected chi connectivity index (χ0v) is 18.6. The Hall–Kier alpha value is -2.19. The summed E-state index contributed by atoms with van der Waals surface area (Å²) in [6.07, 6.45) is 1.78. The first-order valence-electron chi connectivity index (χ1n) is 9.64. The van der Waals surface area contributed by atoms with E-state index in [0.29, 0.717) is 5.82 Å². The van der Waals surface area contributed by atoms with E-state index in [4.69, 9.17) is 0 Å². The molecule has 156 valence electrons. The molecule has 1 aromatic carbocycles. The first-order valence-corrected chi connectivity index (χ1v) is 11.1. The number of sulfonamides is 1. The molecule has 1 aromatic heterocycles. The van der Waals surface area contributed by atoms with E-state index in [1.54, 1.807) is 42.1 Å². The van der Waals surface area contributed by atoms with E-state index in [1.165, 1.54) is 42.8 Å². The Morgan fingerprint density at radius 3 is 1.89 bits per heavy atom. The van der Waals surface area contributed by atoms with Crippen molar-refractivity contribution in [1.29, 1.82) is 0 Å². The van der Waals surface area contributed by atoms with Crippen LogP contribution in [0.2, 0.25) is 0 Å². The Balaban J connectivity index is 0.000000370. The van der Waals surface area contributed by atoms with Gasteiger partial charge in [-0.1, -0.05) is 17.7 Å². The highest BCUT2D eigenvalue weighted by atomic mass is 32.2. The molecule has 0 saturated carbocycles. The van der Waals surface area contributed by atoms with Crippen LogP contribution in [0.25, 0.3) is 4.83 Å². The van der Waals surface area contributed by atoms with Crippen LogP contribution in [0.15, 0.2) is 57.8 Å². The van der Waals surface area contributed by atoms with Gasteiger partial charge in [-0.3, -0.25) is 10.1 Å². The largest absolute Gasteiger partial charge is 0.353 e. The summed E-state index contributed by atoms with van der Waals surface area (Å²) in [5.74, 6) is 0.530. The van der Waals surface area contributed by atoms with Crippen molar-refractivity contribution < 1.29 is 12.9 Å². The number of aryl methyl sites for hydroxylation is 2. The summed E-state index contributed by atoms with van der Waals surface area (Å²) < 4.78 is 26.6. The van der Waals surface area contributed by atoms with Gasteiger partial charge < -0.3 is 14.2 Å². The van der Waals surface area contributed by atoms with Crippen LogP contribution in [0.4, 0.5) is 5.82 Å². The minimum absolute atomic E-state index is 0.101. The van der Waals surface area contributed by atoms with E-state index >= 15 is 0 Å². The molecule has 0 radical (unpaired) electrons. The summed E-state index contributed by atoms with van der Waals surface area (Å²) in [6.45, 7) is 16.1. The summed E-state index contributed by atoms with van der Waals surface area (Å²) in [6, 6.07) is 9.88. The van der Waals surface area contributed by atoms with Crippen LogP contribution in [0, 0.1) is 6.92 Å². The highest BCUT2D eigenvalue weighted by molar-refractivity contribution is 7.93. The van der Waals surface area contributed by atoms with Crippen LogP contribution in [0.5, 0.6) is 0 Å². The molecular formula is C20H33N5O2S. The minimum Gasteiger partial charge on any atom is -0.353 e. The van der Waals surface area contributed by atoms with Gasteiger partial charge in [0.15, 0.2) is 0 Å². The molecule has 1 heterocycles. The lowest BCUT2D eigenvalue weighted by molar-refractivity contribution is -0.921. The van der Waals surface area contributed by atoms with Crippen molar-refractivity contribution in [1.82, 2.24) is 4.57 Å². The minimum atomic E-state index is -3.79. The van der Waals surface area contributed by atoms with Crippen molar-refractivity contribution in [2.75, 3.05) is 26.2 Å². The summed E-state index contributed by atoms with van der Waals surface area (Å²) in [5, 5.41) is 7.12. The number of hydrogen-bond donors (Lipinski definition) is 0. The maximum atomic E-state index is 11.8. The molecule has 2 rings (SSSR count). The fraction of sp³-hybridized carbons (Fsp3) is 0.500. The Morgan fingerprint density at radius 2 is 1.50 bits per heavy atom. The number of nitrogens with zero attached hydrogens (tertiary/aromatic N) is 5. The Labute approximate surface area is 169 Å². The monoisotopic (exact) mass is 407 g/mol. The second-order valence-corrected chi connectivity index (χ2v) is 8.23. The average molecular weight is 408 g/mol. The quantitative estimate of drug-likeness (QED) is 0.351. The summed E-state index contributed by atoms with van der Waals surface area (Å²) in [5.41, 5.74) is 0.976. The number of benzene rings is 1. The highest BCUT2D eigenvalue weighted by Crippen LogP contribution is 2.19. The van der Waals surface area contributed by atoms with Gasteiger partial charge in [0.25, 0.3) is 0 Å². The van der Waals surface area contributed by atoms with Crippen LogP contribution >= 0.6 is 0 Å². The fourth-order valence-electron chi connectivity index (χ4n) is 2.77. The third-order valence-electron chi connectivity index (χ3n) is 5.21. The molecule has 0 spiro atoms. The van der Waals surface area contributed by atoms with Crippen LogP contribution < -0.4 is 0 Å². The standard InChI is InChI=1S/C12H13N4O2S.C8H20N/c1-10-5-7-11(8-6-10)19(17,18)15-14-13-12-4-3-9-16(12)2;1-5-9(6-2,7-3)8-4/h3-9H,1-2H3;5-8H2,1-4H3/q-1;+1. The second-order valence-electron chi connectivity index (χ2n) is 6.64. The van der Waals surface area contributed by atoms with Gasteiger partial charge in [0, 0.05) is 19.1 Å². The average Bonchev–Trinajstić information content (AvgIpc) is 3.10. The highest BCUT2D eigenvalue weighted by Gasteiger charge is 2.16. The zero-order valence-electron chi connectivity index (χ0n) is 17.8. The molecular weight excluding hydrogens is 374 g/mol. The molecule has 0 aliphatic heterocycles. The maximum Gasteiger partial charge on any atom is 0.215 e. The van der Waals surface area contributed by atoms with Crippen LogP contribution in [-0.2, 0) is 17.1 Å². The first kappa shape index (κ1) is 23.8. The molecule has 0 aliphatic rings. The molecule has 28 heavy (non-hydrogen) atoms. The topological polar surface area (TPSA) is 77.9 Å². The normalized spacial score (nSPS) is 11.9. The lowest BCUT2D eigenvalue weighted by Crippen LogP contribution is -2.47. The van der Waals surface area contributed by atoms with E-state index in [2.05, 4.69) is 42.9 Å². The van der Waals surface area contributed by atoms with Crippen molar-refractivity contribution in [2.45, 2.75) is 39.5 Å². The number of quaternary nitrogens is 1. The van der Waals surface area contributed by atoms with Crippen molar-refractivity contribution in [3.63, 3.8) is 0 Å². The lowest BCUT2D eigenvalue weighted by atomic mass is 10.2. The Morgan fingerprint density at radius 1 is 0.964 bits per heavy atom. The van der Waals surface area contributed by atoms with Gasteiger partial charge in [0.05, 0.1) is 31.1 Å².